The summed E-state index contributed by atoms with van der Waals surface area (Å²) in [5.41, 5.74) is 3.85. The van der Waals surface area contributed by atoms with Gasteiger partial charge in [0.05, 0.1) is 0 Å². The molecule has 1 N–H and O–H groups in total. The van der Waals surface area contributed by atoms with Crippen molar-refractivity contribution in [3.63, 3.8) is 0 Å². The number of likely N-dealkylation sites (N-methyl/N-ethyl adjacent to an activating group) is 1. The number of nitrogens with zero attached hydrogens (tertiary/aromatic N) is 4. The Labute approximate surface area is 226 Å². The average molecular weight is 558 g/mol. The zero-order valence-corrected chi connectivity index (χ0v) is 22.8. The van der Waals surface area contributed by atoms with Crippen LogP contribution in [0.2, 0.25) is 0 Å². The minimum Gasteiger partial charge on any atom is -0.354 e. The summed E-state index contributed by atoms with van der Waals surface area (Å²) in [6, 6.07) is 8.99. The molecule has 12 heteroatoms. The first-order valence-corrected chi connectivity index (χ1v) is 14.8. The first-order chi connectivity index (χ1) is 18.4. The number of thiophene rings is 1. The predicted octanol–water partition coefficient (Wildman–Crippen LogP) is 3.19. The Morgan fingerprint density at radius 2 is 2.03 bits per heavy atom. The van der Waals surface area contributed by atoms with Gasteiger partial charge in [-0.3, -0.25) is 4.79 Å². The maximum atomic E-state index is 13.3. The first-order valence-electron chi connectivity index (χ1n) is 12.6. The summed E-state index contributed by atoms with van der Waals surface area (Å²) in [6.45, 7) is 4.39. The highest BCUT2D eigenvalue weighted by atomic mass is 32.2. The molecule has 38 heavy (non-hydrogen) atoms. The summed E-state index contributed by atoms with van der Waals surface area (Å²) in [5.74, 6) is 0.446. The van der Waals surface area contributed by atoms with Crippen LogP contribution < -0.4 is 10.4 Å². The van der Waals surface area contributed by atoms with Crippen LogP contribution in [0.25, 0.3) is 16.5 Å². The van der Waals surface area contributed by atoms with Gasteiger partial charge in [-0.1, -0.05) is 0 Å². The number of aromatic nitrogens is 2. The van der Waals surface area contributed by atoms with E-state index in [2.05, 4.69) is 27.3 Å². The Hall–Kier alpha value is -3.03. The second kappa shape index (κ2) is 11.8. The fourth-order valence-electron chi connectivity index (χ4n) is 4.27. The van der Waals surface area contributed by atoms with E-state index < -0.39 is 22.2 Å². The van der Waals surface area contributed by atoms with E-state index in [0.717, 1.165) is 65.7 Å². The number of ether oxygens (including phenoxy) is 1. The number of carbonyl (C=O) groups excluding carboxylic acids is 1. The number of hydrogen-bond donors (Lipinski definition) is 1. The lowest BCUT2D eigenvalue weighted by molar-refractivity contribution is -0.198. The van der Waals surface area contributed by atoms with Crippen LogP contribution in [0.5, 0.6) is 0 Å². The Balaban J connectivity index is 1.23. The van der Waals surface area contributed by atoms with Crippen LogP contribution in [-0.2, 0) is 24.4 Å². The summed E-state index contributed by atoms with van der Waals surface area (Å²) in [5, 5.41) is 0. The molecule has 0 spiro atoms. The van der Waals surface area contributed by atoms with Crippen LogP contribution in [0, 0.1) is 0 Å². The van der Waals surface area contributed by atoms with Crippen molar-refractivity contribution in [1.82, 2.24) is 19.3 Å². The quantitative estimate of drug-likeness (QED) is 0.333. The number of amides is 1. The van der Waals surface area contributed by atoms with Crippen molar-refractivity contribution in [2.75, 3.05) is 44.7 Å². The zero-order chi connectivity index (χ0) is 26.5. The van der Waals surface area contributed by atoms with Crippen LogP contribution in [0.15, 0.2) is 59.2 Å². The highest BCUT2D eigenvalue weighted by Gasteiger charge is 2.21. The highest BCUT2D eigenvalue weighted by Crippen LogP contribution is 2.33. The van der Waals surface area contributed by atoms with Gasteiger partial charge in [0.25, 0.3) is 15.9 Å². The molecule has 5 rings (SSSR count). The molecule has 0 radical (unpaired) electrons. The second-order valence-corrected chi connectivity index (χ2v) is 12.5. The van der Waals surface area contributed by atoms with Crippen LogP contribution in [0.3, 0.4) is 0 Å². The number of carbonyl (C=O) groups is 1. The standard InChI is InChI=1S/C26H31N5O5S2/c1-29-13-15-30(16-14-29)23-18-21(9-11-27-23)22-6-8-26(37-22)38(33,34)31-12-10-20(19-31)5-7-24(32)28-36-25-4-2-3-17-35-25/h5-12,18-19,25H,2-4,13-17H2,1H3,(H,28,32)/b7-5+. The molecule has 1 amide bonds. The normalized spacial score (nSPS) is 19.2. The molecule has 10 nitrogen and oxygen atoms in total. The van der Waals surface area contributed by atoms with Gasteiger partial charge >= 0.3 is 0 Å². The third kappa shape index (κ3) is 6.33. The molecule has 0 aromatic carbocycles. The van der Waals surface area contributed by atoms with Gasteiger partial charge in [0.15, 0.2) is 6.29 Å². The van der Waals surface area contributed by atoms with E-state index in [1.165, 1.54) is 35.9 Å². The summed E-state index contributed by atoms with van der Waals surface area (Å²) < 4.78 is 33.3. The topological polar surface area (TPSA) is 106 Å². The molecule has 2 fully saturated rings. The van der Waals surface area contributed by atoms with Crippen LogP contribution in [0.4, 0.5) is 5.82 Å². The van der Waals surface area contributed by atoms with Gasteiger partial charge in [0, 0.05) is 68.8 Å². The number of nitrogens with one attached hydrogen (secondary N) is 1. The maximum absolute atomic E-state index is 13.3. The van der Waals surface area contributed by atoms with Crippen molar-refractivity contribution in [2.45, 2.75) is 29.8 Å². The monoisotopic (exact) mass is 557 g/mol. The molecule has 3 aromatic heterocycles. The van der Waals surface area contributed by atoms with E-state index in [0.29, 0.717) is 12.2 Å². The lowest BCUT2D eigenvalue weighted by Crippen LogP contribution is -2.44. The van der Waals surface area contributed by atoms with Crippen molar-refractivity contribution >= 4 is 39.2 Å². The summed E-state index contributed by atoms with van der Waals surface area (Å²) in [6.07, 6.45) is 9.81. The molecule has 1 atom stereocenters. The van der Waals surface area contributed by atoms with Gasteiger partial charge in [-0.25, -0.2) is 19.3 Å². The number of anilines is 1. The van der Waals surface area contributed by atoms with E-state index in [1.807, 2.05) is 18.2 Å². The lowest BCUT2D eigenvalue weighted by Gasteiger charge is -2.33. The van der Waals surface area contributed by atoms with Gasteiger partial charge in [-0.05, 0) is 67.4 Å². The van der Waals surface area contributed by atoms with Crippen molar-refractivity contribution in [3.8, 4) is 10.4 Å². The molecule has 202 valence electrons. The van der Waals surface area contributed by atoms with Crippen molar-refractivity contribution in [3.05, 3.63) is 60.6 Å². The number of hydrogen-bond acceptors (Lipinski definition) is 9. The van der Waals surface area contributed by atoms with Gasteiger partial charge in [-0.2, -0.15) is 8.42 Å². The highest BCUT2D eigenvalue weighted by molar-refractivity contribution is 7.92. The zero-order valence-electron chi connectivity index (χ0n) is 21.2. The van der Waals surface area contributed by atoms with Crippen LogP contribution >= 0.6 is 11.3 Å². The van der Waals surface area contributed by atoms with Crippen LogP contribution in [0.1, 0.15) is 24.8 Å². The molecule has 0 aliphatic carbocycles. The molecule has 0 saturated carbocycles. The van der Waals surface area contributed by atoms with E-state index in [-0.39, 0.29) is 4.21 Å². The second-order valence-electron chi connectivity index (χ2n) is 9.31. The van der Waals surface area contributed by atoms with Gasteiger partial charge < -0.3 is 14.5 Å². The van der Waals surface area contributed by atoms with E-state index in [4.69, 9.17) is 9.57 Å². The number of piperazine rings is 1. The third-order valence-corrected chi connectivity index (χ3v) is 9.75. The van der Waals surface area contributed by atoms with Crippen molar-refractivity contribution < 1.29 is 22.8 Å². The molecule has 1 unspecified atom stereocenters. The van der Waals surface area contributed by atoms with E-state index >= 15 is 0 Å². The third-order valence-electron chi connectivity index (χ3n) is 6.52. The van der Waals surface area contributed by atoms with Crippen LogP contribution in [-0.4, -0.2) is 74.3 Å². The summed E-state index contributed by atoms with van der Waals surface area (Å²) in [7, 11) is -1.67. The molecular formula is C26H31N5O5S2. The Morgan fingerprint density at radius 1 is 1.18 bits per heavy atom. The van der Waals surface area contributed by atoms with E-state index in [1.54, 1.807) is 18.3 Å². The van der Waals surface area contributed by atoms with Crippen molar-refractivity contribution in [1.29, 1.82) is 0 Å². The van der Waals surface area contributed by atoms with E-state index in [9.17, 15) is 13.2 Å². The summed E-state index contributed by atoms with van der Waals surface area (Å²) in [4.78, 5) is 27.2. The molecule has 5 heterocycles. The summed E-state index contributed by atoms with van der Waals surface area (Å²) >= 11 is 1.22. The minimum atomic E-state index is -3.78. The number of hydroxylamine groups is 1. The maximum Gasteiger partial charge on any atom is 0.277 e. The van der Waals surface area contributed by atoms with Gasteiger partial charge in [-0.15, -0.1) is 11.3 Å². The fraction of sp³-hybridized carbons (Fsp3) is 0.385. The average Bonchev–Trinajstić information content (AvgIpc) is 3.63. The smallest absolute Gasteiger partial charge is 0.277 e. The molecule has 2 aliphatic rings. The minimum absolute atomic E-state index is 0.232. The Morgan fingerprint density at radius 3 is 2.82 bits per heavy atom. The molecule has 2 saturated heterocycles. The Bertz CT molecular complexity index is 1390. The number of pyridine rings is 1. The predicted molar refractivity (Wildman–Crippen MR) is 146 cm³/mol. The Kier molecular flexibility index (Phi) is 8.24. The van der Waals surface area contributed by atoms with Gasteiger partial charge in [0.1, 0.15) is 10.0 Å². The van der Waals surface area contributed by atoms with Gasteiger partial charge in [0.2, 0.25) is 0 Å². The number of rotatable bonds is 8. The lowest BCUT2D eigenvalue weighted by atomic mass is 10.2. The molecule has 2 aliphatic heterocycles. The molecule has 3 aromatic rings. The van der Waals surface area contributed by atoms with Crippen molar-refractivity contribution in [2.24, 2.45) is 0 Å². The largest absolute Gasteiger partial charge is 0.354 e. The SMILES string of the molecule is CN1CCN(c2cc(-c3ccc(S(=O)(=O)n4ccc(/C=C/C(=O)NOC5CCCCO5)c4)s3)ccn2)CC1. The fourth-order valence-corrected chi connectivity index (χ4v) is 6.88. The molecule has 0 bridgehead atoms. The first kappa shape index (κ1) is 26.6. The molecular weight excluding hydrogens is 526 g/mol.